The molecule has 0 amide bonds. The first-order chi connectivity index (χ1) is 11.4. The highest BCUT2D eigenvalue weighted by molar-refractivity contribution is 7.98. The Balaban J connectivity index is 2.22. The molecule has 1 N–H and O–H groups in total. The highest BCUT2D eigenvalue weighted by atomic mass is 32.2. The van der Waals surface area contributed by atoms with Crippen LogP contribution in [0.2, 0.25) is 0 Å². The number of aromatic nitrogens is 1. The quantitative estimate of drug-likeness (QED) is 0.731. The molecule has 128 valence electrons. The molecule has 0 atom stereocenters. The number of H-pyrrole nitrogens is 1. The molecular weight excluding hydrogens is 319 g/mol. The first-order valence-corrected chi connectivity index (χ1v) is 9.62. The number of allylic oxidation sites excluding steroid dienone is 2. The summed E-state index contributed by atoms with van der Waals surface area (Å²) in [6.07, 6.45) is 9.18. The molecule has 24 heavy (non-hydrogen) atoms. The predicted octanol–water partition coefficient (Wildman–Crippen LogP) is 5.60. The van der Waals surface area contributed by atoms with Crippen molar-refractivity contribution in [3.05, 3.63) is 47.4 Å². The van der Waals surface area contributed by atoms with Crippen LogP contribution in [0, 0.1) is 5.82 Å². The molecule has 4 heteroatoms. The first kappa shape index (κ1) is 17.2. The van der Waals surface area contributed by atoms with E-state index in [-0.39, 0.29) is 11.4 Å². The van der Waals surface area contributed by atoms with E-state index < -0.39 is 0 Å². The number of hydrogen-bond acceptors (Lipinski definition) is 2. The van der Waals surface area contributed by atoms with Gasteiger partial charge in [0.2, 0.25) is 0 Å². The molecule has 1 aliphatic rings. The fourth-order valence-corrected chi connectivity index (χ4v) is 4.01. The van der Waals surface area contributed by atoms with Crippen LogP contribution >= 0.6 is 11.8 Å². The molecule has 2 nitrogen and oxygen atoms in total. The number of benzene rings is 1. The minimum atomic E-state index is -0.115. The number of nitrogens with zero attached hydrogens (tertiary/aromatic N) is 1. The Morgan fingerprint density at radius 2 is 2.04 bits per heavy atom. The van der Waals surface area contributed by atoms with Crippen LogP contribution < -0.4 is 0 Å². The molecular formula is C20H25FN2S. The van der Waals surface area contributed by atoms with Crippen LogP contribution in [-0.2, 0) is 6.42 Å². The number of fused-ring (bicyclic) bond motifs is 1. The Morgan fingerprint density at radius 3 is 2.67 bits per heavy atom. The van der Waals surface area contributed by atoms with Crippen LogP contribution in [0.3, 0.4) is 0 Å². The van der Waals surface area contributed by atoms with Crippen molar-refractivity contribution in [3.63, 3.8) is 0 Å². The normalized spacial score (nSPS) is 15.2. The molecule has 0 saturated heterocycles. The van der Waals surface area contributed by atoms with Gasteiger partial charge in [-0.05, 0) is 57.2 Å². The zero-order chi connectivity index (χ0) is 17.5. The van der Waals surface area contributed by atoms with Crippen LogP contribution in [0.25, 0.3) is 16.6 Å². The van der Waals surface area contributed by atoms with Crippen molar-refractivity contribution in [2.75, 3.05) is 12.8 Å². The molecule has 0 saturated carbocycles. The van der Waals surface area contributed by atoms with Gasteiger partial charge in [0.05, 0.1) is 11.4 Å². The fraction of sp³-hybridized carbons (Fsp3) is 0.400. The second-order valence-electron chi connectivity index (χ2n) is 7.14. The van der Waals surface area contributed by atoms with E-state index in [0.717, 1.165) is 33.6 Å². The van der Waals surface area contributed by atoms with Crippen LogP contribution in [0.4, 0.5) is 4.39 Å². The topological polar surface area (TPSA) is 19.0 Å². The predicted molar refractivity (Wildman–Crippen MR) is 103 cm³/mol. The number of rotatable bonds is 3. The van der Waals surface area contributed by atoms with Crippen molar-refractivity contribution in [3.8, 4) is 0 Å². The summed E-state index contributed by atoms with van der Waals surface area (Å²) in [6.45, 7) is 9.52. The first-order valence-electron chi connectivity index (χ1n) is 8.39. The third kappa shape index (κ3) is 2.88. The number of thioether (sulfide) groups is 1. The molecule has 0 spiro atoms. The van der Waals surface area contributed by atoms with Crippen molar-refractivity contribution in [1.29, 1.82) is 0 Å². The van der Waals surface area contributed by atoms with Gasteiger partial charge < -0.3 is 9.88 Å². The van der Waals surface area contributed by atoms with E-state index in [2.05, 4.69) is 55.1 Å². The highest BCUT2D eigenvalue weighted by Gasteiger charge is 2.27. The van der Waals surface area contributed by atoms with Gasteiger partial charge in [0.25, 0.3) is 0 Å². The Kier molecular flexibility index (Phi) is 4.52. The van der Waals surface area contributed by atoms with Crippen molar-refractivity contribution >= 4 is 28.4 Å². The van der Waals surface area contributed by atoms with Gasteiger partial charge in [0.1, 0.15) is 5.82 Å². The fourth-order valence-electron chi connectivity index (χ4n) is 3.27. The van der Waals surface area contributed by atoms with E-state index in [1.54, 1.807) is 17.8 Å². The highest BCUT2D eigenvalue weighted by Crippen LogP contribution is 2.39. The van der Waals surface area contributed by atoms with Crippen LogP contribution in [0.1, 0.15) is 39.0 Å². The zero-order valence-corrected chi connectivity index (χ0v) is 15.9. The molecule has 1 aliphatic heterocycles. The maximum Gasteiger partial charge on any atom is 0.127 e. The van der Waals surface area contributed by atoms with E-state index in [0.29, 0.717) is 6.42 Å². The van der Waals surface area contributed by atoms with E-state index >= 15 is 0 Å². The Hall–Kier alpha value is -1.68. The maximum absolute atomic E-state index is 14.3. The third-order valence-electron chi connectivity index (χ3n) is 4.54. The van der Waals surface area contributed by atoms with E-state index in [1.165, 1.54) is 5.70 Å². The molecule has 0 unspecified atom stereocenters. The van der Waals surface area contributed by atoms with Crippen molar-refractivity contribution in [2.24, 2.45) is 0 Å². The molecule has 2 heterocycles. The summed E-state index contributed by atoms with van der Waals surface area (Å²) < 4.78 is 14.3. The van der Waals surface area contributed by atoms with Crippen LogP contribution in [0.15, 0.2) is 35.3 Å². The van der Waals surface area contributed by atoms with Gasteiger partial charge in [-0.15, -0.1) is 11.8 Å². The number of hydrogen-bond donors (Lipinski definition) is 1. The summed E-state index contributed by atoms with van der Waals surface area (Å²) in [6, 6.07) is 3.63. The maximum atomic E-state index is 14.3. The van der Waals surface area contributed by atoms with Gasteiger partial charge in [-0.1, -0.05) is 19.1 Å². The lowest BCUT2D eigenvalue weighted by Gasteiger charge is -2.40. The average molecular weight is 344 g/mol. The van der Waals surface area contributed by atoms with Crippen molar-refractivity contribution in [1.82, 2.24) is 9.88 Å². The van der Waals surface area contributed by atoms with E-state index in [4.69, 9.17) is 0 Å². The minimum absolute atomic E-state index is 0.0173. The van der Waals surface area contributed by atoms with Crippen molar-refractivity contribution < 1.29 is 4.39 Å². The van der Waals surface area contributed by atoms with Gasteiger partial charge in [-0.25, -0.2) is 4.39 Å². The summed E-state index contributed by atoms with van der Waals surface area (Å²) in [5, 5.41) is 0.969. The van der Waals surface area contributed by atoms with Gasteiger partial charge in [-0.3, -0.25) is 0 Å². The Bertz CT molecular complexity index is 824. The second-order valence-corrected chi connectivity index (χ2v) is 7.95. The molecule has 3 rings (SSSR count). The molecule has 1 aromatic heterocycles. The van der Waals surface area contributed by atoms with Gasteiger partial charge in [-0.2, -0.15) is 0 Å². The van der Waals surface area contributed by atoms with Gasteiger partial charge >= 0.3 is 0 Å². The van der Waals surface area contributed by atoms with Gasteiger partial charge in [0, 0.05) is 27.9 Å². The Morgan fingerprint density at radius 1 is 1.29 bits per heavy atom. The second kappa shape index (κ2) is 6.32. The van der Waals surface area contributed by atoms with E-state index in [1.807, 2.05) is 13.0 Å². The largest absolute Gasteiger partial charge is 0.361 e. The van der Waals surface area contributed by atoms with Crippen molar-refractivity contribution in [2.45, 2.75) is 44.6 Å². The SMILES string of the molecule is CCc1cc2[nH]c(C3=CC=CCN3C(C)(C)C)c(SC)c2cc1F. The Labute approximate surface area is 147 Å². The lowest BCUT2D eigenvalue weighted by molar-refractivity contribution is 0.239. The van der Waals surface area contributed by atoms with Crippen LogP contribution in [-0.4, -0.2) is 28.2 Å². The summed E-state index contributed by atoms with van der Waals surface area (Å²) in [5.41, 5.74) is 4.04. The number of nitrogens with one attached hydrogen (secondary N) is 1. The summed E-state index contributed by atoms with van der Waals surface area (Å²) in [7, 11) is 0. The summed E-state index contributed by atoms with van der Waals surface area (Å²) in [5.74, 6) is -0.115. The lowest BCUT2D eigenvalue weighted by Crippen LogP contribution is -2.41. The lowest BCUT2D eigenvalue weighted by atomic mass is 10.0. The average Bonchev–Trinajstić information content (AvgIpc) is 2.90. The smallest absolute Gasteiger partial charge is 0.127 e. The molecule has 0 bridgehead atoms. The summed E-state index contributed by atoms with van der Waals surface area (Å²) >= 11 is 1.67. The number of halogens is 1. The molecule has 0 radical (unpaired) electrons. The van der Waals surface area contributed by atoms with Crippen LogP contribution in [0.5, 0.6) is 0 Å². The molecule has 2 aromatic rings. The molecule has 0 fully saturated rings. The number of aromatic amines is 1. The minimum Gasteiger partial charge on any atom is -0.361 e. The third-order valence-corrected chi connectivity index (χ3v) is 5.37. The van der Waals surface area contributed by atoms with E-state index in [9.17, 15) is 4.39 Å². The molecule has 1 aromatic carbocycles. The number of aryl methyl sites for hydroxylation is 1. The monoisotopic (exact) mass is 344 g/mol. The van der Waals surface area contributed by atoms with Gasteiger partial charge in [0.15, 0.2) is 0 Å². The standard InChI is InChI=1S/C20H25FN2S/c1-6-13-11-16-14(12-15(13)21)19(24-5)18(22-16)17-9-7-8-10-23(17)20(2,3)4/h7-9,11-12,22H,6,10H2,1-5H3. The summed E-state index contributed by atoms with van der Waals surface area (Å²) in [4.78, 5) is 7.05. The molecule has 0 aliphatic carbocycles. The zero-order valence-electron chi connectivity index (χ0n) is 15.0.